The van der Waals surface area contributed by atoms with E-state index in [-0.39, 0.29) is 35.7 Å². The van der Waals surface area contributed by atoms with E-state index in [1.165, 1.54) is 17.0 Å². The highest BCUT2D eigenvalue weighted by Crippen LogP contribution is 2.29. The molecule has 2 amide bonds. The van der Waals surface area contributed by atoms with E-state index in [2.05, 4.69) is 10.0 Å². The molecule has 2 N–H and O–H groups in total. The summed E-state index contributed by atoms with van der Waals surface area (Å²) < 4.78 is 27.1. The van der Waals surface area contributed by atoms with Gasteiger partial charge in [0, 0.05) is 31.7 Å². The van der Waals surface area contributed by atoms with E-state index < -0.39 is 10.0 Å². The third-order valence-corrected chi connectivity index (χ3v) is 5.46. The normalized spacial score (nSPS) is 21.1. The Morgan fingerprint density at radius 2 is 2.14 bits per heavy atom. The summed E-state index contributed by atoms with van der Waals surface area (Å²) in [6, 6.07) is 4.51. The molecule has 3 rings (SSSR count). The van der Waals surface area contributed by atoms with Crippen LogP contribution in [0.5, 0.6) is 0 Å². The maximum atomic E-state index is 12.3. The molecule has 0 aliphatic carbocycles. The molecule has 1 aromatic carbocycles. The van der Waals surface area contributed by atoms with E-state index >= 15 is 0 Å². The molecule has 2 aliphatic heterocycles. The highest BCUT2D eigenvalue weighted by molar-refractivity contribution is 7.89. The second-order valence-corrected chi connectivity index (χ2v) is 7.34. The zero-order valence-electron chi connectivity index (χ0n) is 12.1. The maximum Gasteiger partial charge on any atom is 0.240 e. The van der Waals surface area contributed by atoms with Crippen molar-refractivity contribution in [2.45, 2.75) is 30.2 Å². The fraction of sp³-hybridized carbons (Fsp3) is 0.429. The number of nitrogens with one attached hydrogen (secondary N) is 2. The number of carbonyl (C=O) groups excluding carboxylic acids is 2. The van der Waals surface area contributed by atoms with Crippen molar-refractivity contribution in [2.75, 3.05) is 18.5 Å². The molecule has 0 saturated carbocycles. The van der Waals surface area contributed by atoms with E-state index in [1.807, 2.05) is 0 Å². The standard InChI is InChI=1S/C14H17N3O4S/c1-17-12-4-3-11(6-9(12)7-14(17)19)22(20,21)15-8-10-2-5-13(18)16-10/h3-4,6,10,15H,2,5,7-8H2,1H3,(H,16,18). The molecule has 0 radical (unpaired) electrons. The summed E-state index contributed by atoms with van der Waals surface area (Å²) in [4.78, 5) is 24.4. The summed E-state index contributed by atoms with van der Waals surface area (Å²) >= 11 is 0. The van der Waals surface area contributed by atoms with Crippen LogP contribution in [0, 0.1) is 0 Å². The Bertz CT molecular complexity index is 744. The summed E-state index contributed by atoms with van der Waals surface area (Å²) in [5.74, 6) is -0.102. The summed E-state index contributed by atoms with van der Waals surface area (Å²) in [6.07, 6.45) is 1.28. The quantitative estimate of drug-likeness (QED) is 0.799. The molecule has 1 saturated heterocycles. The van der Waals surface area contributed by atoms with Crippen molar-refractivity contribution < 1.29 is 18.0 Å². The Hall–Kier alpha value is -1.93. The highest BCUT2D eigenvalue weighted by Gasteiger charge is 2.27. The van der Waals surface area contributed by atoms with Crippen LogP contribution in [0.1, 0.15) is 18.4 Å². The predicted octanol–water partition coefficient (Wildman–Crippen LogP) is -0.238. The molecule has 0 spiro atoms. The van der Waals surface area contributed by atoms with Gasteiger partial charge in [-0.3, -0.25) is 9.59 Å². The fourth-order valence-corrected chi connectivity index (χ4v) is 3.87. The Kier molecular flexibility index (Phi) is 3.65. The van der Waals surface area contributed by atoms with Crippen LogP contribution in [-0.4, -0.2) is 39.9 Å². The minimum absolute atomic E-state index is 0.0498. The zero-order valence-corrected chi connectivity index (χ0v) is 12.9. The first-order valence-electron chi connectivity index (χ1n) is 7.05. The molecule has 1 unspecified atom stereocenters. The van der Waals surface area contributed by atoms with Crippen molar-refractivity contribution in [2.24, 2.45) is 0 Å². The van der Waals surface area contributed by atoms with Crippen LogP contribution in [0.25, 0.3) is 0 Å². The van der Waals surface area contributed by atoms with Crippen LogP contribution in [0.2, 0.25) is 0 Å². The van der Waals surface area contributed by atoms with Gasteiger partial charge < -0.3 is 10.2 Å². The number of amides is 2. The van der Waals surface area contributed by atoms with Crippen LogP contribution in [0.3, 0.4) is 0 Å². The molecule has 1 atom stereocenters. The number of rotatable bonds is 4. The SMILES string of the molecule is CN1C(=O)Cc2cc(S(=O)(=O)NCC3CCC(=O)N3)ccc21. The Labute approximate surface area is 128 Å². The first-order chi connectivity index (χ1) is 10.4. The second kappa shape index (κ2) is 5.36. The smallest absolute Gasteiger partial charge is 0.240 e. The van der Waals surface area contributed by atoms with Gasteiger partial charge in [-0.05, 0) is 30.2 Å². The van der Waals surface area contributed by atoms with E-state index in [0.717, 1.165) is 5.69 Å². The summed E-state index contributed by atoms with van der Waals surface area (Å²) in [6.45, 7) is 0.171. The number of hydrogen-bond donors (Lipinski definition) is 2. The van der Waals surface area contributed by atoms with Crippen LogP contribution < -0.4 is 14.9 Å². The number of fused-ring (bicyclic) bond motifs is 1. The number of nitrogens with zero attached hydrogens (tertiary/aromatic N) is 1. The van der Waals surface area contributed by atoms with Crippen molar-refractivity contribution >= 4 is 27.5 Å². The second-order valence-electron chi connectivity index (χ2n) is 5.58. The molecule has 118 valence electrons. The molecular formula is C14H17N3O4S. The lowest BCUT2D eigenvalue weighted by Crippen LogP contribution is -2.38. The minimum Gasteiger partial charge on any atom is -0.352 e. The zero-order chi connectivity index (χ0) is 15.9. The van der Waals surface area contributed by atoms with E-state index in [9.17, 15) is 18.0 Å². The van der Waals surface area contributed by atoms with Gasteiger partial charge >= 0.3 is 0 Å². The average Bonchev–Trinajstić information content (AvgIpc) is 3.01. The number of sulfonamides is 1. The molecule has 1 fully saturated rings. The number of anilines is 1. The van der Waals surface area contributed by atoms with Gasteiger partial charge in [-0.25, -0.2) is 13.1 Å². The van der Waals surface area contributed by atoms with Gasteiger partial charge in [-0.1, -0.05) is 0 Å². The van der Waals surface area contributed by atoms with Crippen molar-refractivity contribution in [3.05, 3.63) is 23.8 Å². The van der Waals surface area contributed by atoms with Gasteiger partial charge in [-0.2, -0.15) is 0 Å². The van der Waals surface area contributed by atoms with Gasteiger partial charge in [0.25, 0.3) is 0 Å². The molecule has 2 aliphatic rings. The lowest BCUT2D eigenvalue weighted by molar-refractivity contribution is -0.119. The Morgan fingerprint density at radius 1 is 1.36 bits per heavy atom. The number of hydrogen-bond acceptors (Lipinski definition) is 4. The molecule has 0 bridgehead atoms. The Balaban J connectivity index is 1.74. The number of carbonyl (C=O) groups is 2. The van der Waals surface area contributed by atoms with Crippen LogP contribution >= 0.6 is 0 Å². The van der Waals surface area contributed by atoms with Crippen molar-refractivity contribution in [3.8, 4) is 0 Å². The third kappa shape index (κ3) is 2.71. The molecule has 2 heterocycles. The lowest BCUT2D eigenvalue weighted by Gasteiger charge is -2.13. The summed E-state index contributed by atoms with van der Waals surface area (Å²) in [5.41, 5.74) is 1.46. The number of benzene rings is 1. The monoisotopic (exact) mass is 323 g/mol. The molecule has 22 heavy (non-hydrogen) atoms. The van der Waals surface area contributed by atoms with E-state index in [1.54, 1.807) is 13.1 Å². The molecule has 0 aromatic heterocycles. The van der Waals surface area contributed by atoms with Gasteiger partial charge in [-0.15, -0.1) is 0 Å². The van der Waals surface area contributed by atoms with Crippen LogP contribution in [-0.2, 0) is 26.0 Å². The largest absolute Gasteiger partial charge is 0.352 e. The van der Waals surface area contributed by atoms with E-state index in [4.69, 9.17) is 0 Å². The first-order valence-corrected chi connectivity index (χ1v) is 8.53. The van der Waals surface area contributed by atoms with Crippen LogP contribution in [0.4, 0.5) is 5.69 Å². The summed E-state index contributed by atoms with van der Waals surface area (Å²) in [5, 5.41) is 2.71. The molecule has 1 aromatic rings. The van der Waals surface area contributed by atoms with Gasteiger partial charge in [0.05, 0.1) is 11.3 Å². The van der Waals surface area contributed by atoms with Crippen molar-refractivity contribution in [1.82, 2.24) is 10.0 Å². The van der Waals surface area contributed by atoms with Gasteiger partial charge in [0.15, 0.2) is 0 Å². The summed E-state index contributed by atoms with van der Waals surface area (Å²) in [7, 11) is -1.98. The maximum absolute atomic E-state index is 12.3. The van der Waals surface area contributed by atoms with Crippen LogP contribution in [0.15, 0.2) is 23.1 Å². The lowest BCUT2D eigenvalue weighted by atomic mass is 10.2. The van der Waals surface area contributed by atoms with Gasteiger partial charge in [0.1, 0.15) is 0 Å². The highest BCUT2D eigenvalue weighted by atomic mass is 32.2. The molecule has 8 heteroatoms. The first kappa shape index (κ1) is 15.0. The molecule has 7 nitrogen and oxygen atoms in total. The molecular weight excluding hydrogens is 306 g/mol. The van der Waals surface area contributed by atoms with Gasteiger partial charge in [0.2, 0.25) is 21.8 Å². The number of likely N-dealkylation sites (N-methyl/N-ethyl adjacent to an activating group) is 1. The van der Waals surface area contributed by atoms with Crippen molar-refractivity contribution in [1.29, 1.82) is 0 Å². The fourth-order valence-electron chi connectivity index (χ4n) is 2.74. The average molecular weight is 323 g/mol. The predicted molar refractivity (Wildman–Crippen MR) is 79.9 cm³/mol. The van der Waals surface area contributed by atoms with E-state index in [0.29, 0.717) is 18.4 Å². The topological polar surface area (TPSA) is 95.6 Å². The van der Waals surface area contributed by atoms with Crippen molar-refractivity contribution in [3.63, 3.8) is 0 Å². The Morgan fingerprint density at radius 3 is 2.82 bits per heavy atom. The minimum atomic E-state index is -3.65. The third-order valence-electron chi connectivity index (χ3n) is 4.04.